The van der Waals surface area contributed by atoms with Crippen LogP contribution in [0.4, 0.5) is 16.2 Å². The Labute approximate surface area is 301 Å². The van der Waals surface area contributed by atoms with E-state index in [1.54, 1.807) is 30.2 Å². The topological polar surface area (TPSA) is 113 Å². The number of carbonyl (C=O) groups excluding carboxylic acids is 2. The van der Waals surface area contributed by atoms with Crippen molar-refractivity contribution >= 4 is 34.1 Å². The van der Waals surface area contributed by atoms with Crippen LogP contribution in [-0.2, 0) is 11.3 Å². The molecule has 0 aliphatic carbocycles. The lowest BCUT2D eigenvalue weighted by molar-refractivity contribution is -0.0177. The van der Waals surface area contributed by atoms with Gasteiger partial charge >= 0.3 is 6.03 Å². The predicted molar refractivity (Wildman–Crippen MR) is 203 cm³/mol. The number of fused-ring (bicyclic) bond motifs is 2. The number of amides is 3. The van der Waals surface area contributed by atoms with Crippen molar-refractivity contribution in [1.29, 1.82) is 0 Å². The first kappa shape index (κ1) is 37.6. The molecule has 0 spiro atoms. The number of nitrogens with one attached hydrogen (secondary N) is 2. The van der Waals surface area contributed by atoms with Gasteiger partial charge in [0.25, 0.3) is 5.91 Å². The van der Waals surface area contributed by atoms with Crippen molar-refractivity contribution in [3.8, 4) is 11.5 Å². The number of likely N-dealkylation sites (N-methyl/N-ethyl adjacent to an activating group) is 1. The van der Waals surface area contributed by atoms with Gasteiger partial charge in [0.05, 0.1) is 43.2 Å². The average molecular weight is 697 g/mol. The van der Waals surface area contributed by atoms with E-state index >= 15 is 0 Å². The van der Waals surface area contributed by atoms with Crippen molar-refractivity contribution in [3.63, 3.8) is 0 Å². The van der Waals surface area contributed by atoms with Crippen molar-refractivity contribution in [2.45, 2.75) is 64.8 Å². The second kappa shape index (κ2) is 18.0. The minimum absolute atomic E-state index is 0.0553. The lowest BCUT2D eigenvalue weighted by Gasteiger charge is -2.36. The highest BCUT2D eigenvalue weighted by molar-refractivity contribution is 6.07. The lowest BCUT2D eigenvalue weighted by atomic mass is 10.0. The summed E-state index contributed by atoms with van der Waals surface area (Å²) in [6, 6.07) is 25.9. The smallest absolute Gasteiger partial charge is 0.323 e. The van der Waals surface area contributed by atoms with Crippen molar-refractivity contribution in [2.75, 3.05) is 51.1 Å². The number of hydrogen-bond acceptors (Lipinski definition) is 7. The highest BCUT2D eigenvalue weighted by Crippen LogP contribution is 2.29. The van der Waals surface area contributed by atoms with Crippen molar-refractivity contribution in [2.24, 2.45) is 5.92 Å². The van der Waals surface area contributed by atoms with E-state index < -0.39 is 12.1 Å². The van der Waals surface area contributed by atoms with Gasteiger partial charge < -0.3 is 34.9 Å². The average Bonchev–Trinajstić information content (AvgIpc) is 3.13. The van der Waals surface area contributed by atoms with Crippen LogP contribution < -0.4 is 20.1 Å². The number of ether oxygens (including phenoxy) is 3. The Bertz CT molecular complexity index is 1740. The Balaban J connectivity index is 1.37. The number of carbonyl (C=O) groups is 2. The van der Waals surface area contributed by atoms with Gasteiger partial charge in [0.1, 0.15) is 11.5 Å². The molecule has 3 amide bonds. The zero-order chi connectivity index (χ0) is 36.3. The number of nitrogens with zero attached hydrogens (tertiary/aromatic N) is 2. The maximum absolute atomic E-state index is 14.5. The summed E-state index contributed by atoms with van der Waals surface area (Å²) in [5.41, 5.74) is 2.62. The molecule has 272 valence electrons. The SMILES string of the molecule is COc1ccc(CN(C)C[C@@H]2OCCCC[C@H](C)Oc3ccc(NC(=O)Nc4cccc5ccccc45)cc3C(=O)N([C@@H](C)CO)C[C@@H]2C)cc1. The first-order valence-corrected chi connectivity index (χ1v) is 17.9. The van der Waals surface area contributed by atoms with Gasteiger partial charge in [-0.1, -0.05) is 55.5 Å². The van der Waals surface area contributed by atoms with Crippen molar-refractivity contribution < 1.29 is 28.9 Å². The van der Waals surface area contributed by atoms with Crippen LogP contribution in [0.5, 0.6) is 11.5 Å². The van der Waals surface area contributed by atoms with Crippen LogP contribution in [0.1, 0.15) is 56.0 Å². The third kappa shape index (κ3) is 10.2. The van der Waals surface area contributed by atoms with Crippen LogP contribution in [0.25, 0.3) is 10.8 Å². The molecule has 0 aromatic heterocycles. The van der Waals surface area contributed by atoms with Gasteiger partial charge in [0.2, 0.25) is 0 Å². The molecular weight excluding hydrogens is 644 g/mol. The highest BCUT2D eigenvalue weighted by Gasteiger charge is 2.30. The molecule has 0 fully saturated rings. The number of rotatable bonds is 9. The molecule has 0 radical (unpaired) electrons. The molecule has 5 rings (SSSR count). The normalized spacial score (nSPS) is 19.5. The van der Waals surface area contributed by atoms with Gasteiger partial charge in [-0.2, -0.15) is 0 Å². The first-order valence-electron chi connectivity index (χ1n) is 17.9. The number of methoxy groups -OCH3 is 1. The Kier molecular flexibility index (Phi) is 13.3. The molecule has 0 bridgehead atoms. The fourth-order valence-corrected chi connectivity index (χ4v) is 6.50. The zero-order valence-electron chi connectivity index (χ0n) is 30.4. The molecule has 10 nitrogen and oxygen atoms in total. The summed E-state index contributed by atoms with van der Waals surface area (Å²) in [5, 5.41) is 18.1. The number of anilines is 2. The fourth-order valence-electron chi connectivity index (χ4n) is 6.50. The highest BCUT2D eigenvalue weighted by atomic mass is 16.5. The zero-order valence-corrected chi connectivity index (χ0v) is 30.4. The molecule has 0 saturated carbocycles. The minimum Gasteiger partial charge on any atom is -0.497 e. The molecule has 4 atom stereocenters. The van der Waals surface area contributed by atoms with Crippen LogP contribution >= 0.6 is 0 Å². The van der Waals surface area contributed by atoms with E-state index in [2.05, 4.69) is 41.6 Å². The third-order valence-electron chi connectivity index (χ3n) is 9.45. The monoisotopic (exact) mass is 696 g/mol. The van der Waals surface area contributed by atoms with Gasteiger partial charge in [-0.25, -0.2) is 4.79 Å². The van der Waals surface area contributed by atoms with Crippen LogP contribution in [-0.4, -0.2) is 85.6 Å². The lowest BCUT2D eigenvalue weighted by Crippen LogP contribution is -2.47. The number of hydrogen-bond donors (Lipinski definition) is 3. The summed E-state index contributed by atoms with van der Waals surface area (Å²) in [6.45, 7) is 8.08. The summed E-state index contributed by atoms with van der Waals surface area (Å²) in [5.74, 6) is 0.923. The molecule has 51 heavy (non-hydrogen) atoms. The van der Waals surface area contributed by atoms with Crippen LogP contribution in [0.2, 0.25) is 0 Å². The molecule has 4 aromatic rings. The fraction of sp³-hybridized carbons (Fsp3) is 0.415. The van der Waals surface area contributed by atoms with Crippen molar-refractivity contribution in [3.05, 3.63) is 96.1 Å². The molecule has 3 N–H and O–H groups in total. The molecule has 4 aromatic carbocycles. The van der Waals surface area contributed by atoms with E-state index in [-0.39, 0.29) is 30.6 Å². The molecule has 1 aliphatic heterocycles. The van der Waals surface area contributed by atoms with E-state index in [1.165, 1.54) is 5.56 Å². The second-order valence-electron chi connectivity index (χ2n) is 13.7. The Morgan fingerprint density at radius 2 is 1.78 bits per heavy atom. The quantitative estimate of drug-likeness (QED) is 0.167. The summed E-state index contributed by atoms with van der Waals surface area (Å²) in [6.07, 6.45) is 2.28. The van der Waals surface area contributed by atoms with Crippen molar-refractivity contribution in [1.82, 2.24) is 9.80 Å². The summed E-state index contributed by atoms with van der Waals surface area (Å²) in [4.78, 5) is 31.7. The number of aliphatic hydroxyl groups is 1. The number of aliphatic hydroxyl groups excluding tert-OH is 1. The third-order valence-corrected chi connectivity index (χ3v) is 9.45. The van der Waals surface area contributed by atoms with Crippen LogP contribution in [0.15, 0.2) is 84.9 Å². The molecule has 0 unspecified atom stereocenters. The first-order chi connectivity index (χ1) is 24.6. The maximum atomic E-state index is 14.5. The van der Waals surface area contributed by atoms with Gasteiger partial charge in [-0.3, -0.25) is 9.69 Å². The Morgan fingerprint density at radius 1 is 1.02 bits per heavy atom. The predicted octanol–water partition coefficient (Wildman–Crippen LogP) is 7.42. The van der Waals surface area contributed by atoms with E-state index in [4.69, 9.17) is 14.2 Å². The Hall–Kier alpha value is -4.64. The van der Waals surface area contributed by atoms with Gasteiger partial charge in [-0.15, -0.1) is 0 Å². The largest absolute Gasteiger partial charge is 0.497 e. The van der Waals surface area contributed by atoms with E-state index in [9.17, 15) is 14.7 Å². The van der Waals surface area contributed by atoms with E-state index in [0.717, 1.165) is 42.3 Å². The standard InChI is InChI=1S/C41H52N4O6/c1-28-24-45(29(2)27-46)40(47)36-23-33(42-41(48)43-37-15-10-13-32-12-6-7-14-35(32)37)18-21-38(36)51-30(3)11-8-9-22-50-39(28)26-44(4)25-31-16-19-34(49-5)20-17-31/h6-7,10,12-21,23,28-30,39,46H,8-9,11,22,24-27H2,1-5H3,(H2,42,43,48)/t28-,29-,30-,39-/m0/s1. The van der Waals surface area contributed by atoms with E-state index in [1.807, 2.05) is 68.4 Å². The number of urea groups is 1. The molecule has 1 heterocycles. The summed E-state index contributed by atoms with van der Waals surface area (Å²) >= 11 is 0. The maximum Gasteiger partial charge on any atom is 0.323 e. The van der Waals surface area contributed by atoms with Gasteiger partial charge in [0.15, 0.2) is 0 Å². The molecular formula is C41H52N4O6. The van der Waals surface area contributed by atoms with Gasteiger partial charge in [-0.05, 0) is 87.5 Å². The van der Waals surface area contributed by atoms with Crippen LogP contribution in [0, 0.1) is 5.92 Å². The summed E-state index contributed by atoms with van der Waals surface area (Å²) in [7, 11) is 3.74. The molecule has 0 saturated heterocycles. The molecule has 10 heteroatoms. The summed E-state index contributed by atoms with van der Waals surface area (Å²) < 4.78 is 18.2. The Morgan fingerprint density at radius 3 is 2.55 bits per heavy atom. The number of benzene rings is 4. The second-order valence-corrected chi connectivity index (χ2v) is 13.7. The van der Waals surface area contributed by atoms with E-state index in [0.29, 0.717) is 42.4 Å². The minimum atomic E-state index is -0.470. The van der Waals surface area contributed by atoms with Crippen LogP contribution in [0.3, 0.4) is 0 Å². The molecule has 1 aliphatic rings. The van der Waals surface area contributed by atoms with Gasteiger partial charge in [0, 0.05) is 43.2 Å².